The average molecular weight is 180 g/mol. The van der Waals surface area contributed by atoms with Crippen molar-refractivity contribution < 1.29 is 0 Å². The SMILES string of the molecule is CCCc1nc2n(n1)CCC(N)C2. The smallest absolute Gasteiger partial charge is 0.150 e. The number of aryl methyl sites for hydroxylation is 2. The molecule has 1 aliphatic rings. The highest BCUT2D eigenvalue weighted by atomic mass is 15.4. The van der Waals surface area contributed by atoms with Crippen molar-refractivity contribution >= 4 is 0 Å². The largest absolute Gasteiger partial charge is 0.327 e. The van der Waals surface area contributed by atoms with Gasteiger partial charge in [-0.05, 0) is 12.8 Å². The van der Waals surface area contributed by atoms with Gasteiger partial charge >= 0.3 is 0 Å². The van der Waals surface area contributed by atoms with E-state index in [-0.39, 0.29) is 6.04 Å². The summed E-state index contributed by atoms with van der Waals surface area (Å²) >= 11 is 0. The third-order valence-corrected chi connectivity index (χ3v) is 2.42. The maximum absolute atomic E-state index is 5.85. The molecule has 1 aliphatic heterocycles. The molecule has 2 rings (SSSR count). The molecule has 2 N–H and O–H groups in total. The summed E-state index contributed by atoms with van der Waals surface area (Å²) in [5, 5.41) is 4.42. The zero-order valence-electron chi connectivity index (χ0n) is 8.03. The van der Waals surface area contributed by atoms with Gasteiger partial charge in [0.05, 0.1) is 0 Å². The first-order valence-electron chi connectivity index (χ1n) is 4.97. The molecule has 0 bridgehead atoms. The molecule has 72 valence electrons. The Morgan fingerprint density at radius 2 is 2.46 bits per heavy atom. The van der Waals surface area contributed by atoms with Crippen molar-refractivity contribution in [3.63, 3.8) is 0 Å². The molecule has 4 heteroatoms. The van der Waals surface area contributed by atoms with Crippen LogP contribution in [0, 0.1) is 0 Å². The second kappa shape index (κ2) is 3.46. The Bertz CT molecular complexity index is 292. The highest BCUT2D eigenvalue weighted by Gasteiger charge is 2.18. The Kier molecular flexibility index (Phi) is 2.31. The average Bonchev–Trinajstić information content (AvgIpc) is 2.46. The lowest BCUT2D eigenvalue weighted by Crippen LogP contribution is -2.31. The van der Waals surface area contributed by atoms with Gasteiger partial charge in [0.25, 0.3) is 0 Å². The van der Waals surface area contributed by atoms with Crippen LogP contribution in [0.15, 0.2) is 0 Å². The lowest BCUT2D eigenvalue weighted by molar-refractivity contribution is 0.432. The molecule has 1 unspecified atom stereocenters. The number of aromatic nitrogens is 3. The molecular formula is C9H16N4. The second-order valence-corrected chi connectivity index (χ2v) is 3.67. The minimum absolute atomic E-state index is 0.283. The highest BCUT2D eigenvalue weighted by molar-refractivity contribution is 4.98. The van der Waals surface area contributed by atoms with Gasteiger partial charge in [0.15, 0.2) is 5.82 Å². The molecule has 4 nitrogen and oxygen atoms in total. The van der Waals surface area contributed by atoms with E-state index in [0.717, 1.165) is 43.9 Å². The molecule has 0 aromatic carbocycles. The van der Waals surface area contributed by atoms with Crippen molar-refractivity contribution in [3.8, 4) is 0 Å². The van der Waals surface area contributed by atoms with Gasteiger partial charge in [0.1, 0.15) is 5.82 Å². The monoisotopic (exact) mass is 180 g/mol. The molecule has 0 saturated carbocycles. The van der Waals surface area contributed by atoms with Crippen LogP contribution < -0.4 is 5.73 Å². The predicted octanol–water partition coefficient (Wildman–Crippen LogP) is 0.504. The number of hydrogen-bond donors (Lipinski definition) is 1. The Balaban J connectivity index is 2.18. The maximum atomic E-state index is 5.85. The lowest BCUT2D eigenvalue weighted by Gasteiger charge is -2.17. The van der Waals surface area contributed by atoms with Gasteiger partial charge in [0, 0.05) is 25.4 Å². The van der Waals surface area contributed by atoms with Crippen LogP contribution in [0.2, 0.25) is 0 Å². The fraction of sp³-hybridized carbons (Fsp3) is 0.778. The molecule has 2 heterocycles. The Labute approximate surface area is 78.1 Å². The predicted molar refractivity (Wildman–Crippen MR) is 50.3 cm³/mol. The zero-order chi connectivity index (χ0) is 9.26. The van der Waals surface area contributed by atoms with Crippen LogP contribution in [-0.2, 0) is 19.4 Å². The van der Waals surface area contributed by atoms with Gasteiger partial charge in [-0.1, -0.05) is 6.92 Å². The molecule has 0 saturated heterocycles. The number of hydrogen-bond acceptors (Lipinski definition) is 3. The fourth-order valence-corrected chi connectivity index (χ4v) is 1.71. The number of nitrogens with two attached hydrogens (primary N) is 1. The molecule has 0 amide bonds. The van der Waals surface area contributed by atoms with Crippen LogP contribution in [-0.4, -0.2) is 20.8 Å². The Hall–Kier alpha value is -0.900. The van der Waals surface area contributed by atoms with Crippen LogP contribution in [0.1, 0.15) is 31.4 Å². The molecule has 0 fully saturated rings. The van der Waals surface area contributed by atoms with Crippen LogP contribution in [0.3, 0.4) is 0 Å². The van der Waals surface area contributed by atoms with Gasteiger partial charge in [-0.25, -0.2) is 9.67 Å². The van der Waals surface area contributed by atoms with Crippen molar-refractivity contribution in [3.05, 3.63) is 11.6 Å². The summed E-state index contributed by atoms with van der Waals surface area (Å²) in [4.78, 5) is 4.46. The third-order valence-electron chi connectivity index (χ3n) is 2.42. The highest BCUT2D eigenvalue weighted by Crippen LogP contribution is 2.11. The van der Waals surface area contributed by atoms with Crippen LogP contribution in [0.5, 0.6) is 0 Å². The molecule has 0 radical (unpaired) electrons. The van der Waals surface area contributed by atoms with Gasteiger partial charge in [0.2, 0.25) is 0 Å². The van der Waals surface area contributed by atoms with Crippen molar-refractivity contribution in [1.82, 2.24) is 14.8 Å². The van der Waals surface area contributed by atoms with Crippen LogP contribution >= 0.6 is 0 Å². The summed E-state index contributed by atoms with van der Waals surface area (Å²) in [6.45, 7) is 3.08. The van der Waals surface area contributed by atoms with E-state index in [1.165, 1.54) is 0 Å². The summed E-state index contributed by atoms with van der Waals surface area (Å²) in [5.41, 5.74) is 5.85. The summed E-state index contributed by atoms with van der Waals surface area (Å²) in [6.07, 6.45) is 4.00. The molecule has 1 aromatic heterocycles. The fourth-order valence-electron chi connectivity index (χ4n) is 1.71. The third kappa shape index (κ3) is 1.72. The molecular weight excluding hydrogens is 164 g/mol. The minimum Gasteiger partial charge on any atom is -0.327 e. The number of nitrogens with zero attached hydrogens (tertiary/aromatic N) is 3. The molecule has 1 aromatic rings. The number of rotatable bonds is 2. The van der Waals surface area contributed by atoms with Crippen LogP contribution in [0.25, 0.3) is 0 Å². The second-order valence-electron chi connectivity index (χ2n) is 3.67. The first kappa shape index (κ1) is 8.69. The van der Waals surface area contributed by atoms with E-state index in [2.05, 4.69) is 17.0 Å². The van der Waals surface area contributed by atoms with Crippen molar-refractivity contribution in [2.24, 2.45) is 5.73 Å². The topological polar surface area (TPSA) is 56.7 Å². The van der Waals surface area contributed by atoms with Gasteiger partial charge in [-0.3, -0.25) is 0 Å². The van der Waals surface area contributed by atoms with E-state index >= 15 is 0 Å². The molecule has 0 spiro atoms. The van der Waals surface area contributed by atoms with Crippen molar-refractivity contribution in [2.45, 2.75) is 45.2 Å². The first-order valence-corrected chi connectivity index (χ1v) is 4.97. The Morgan fingerprint density at radius 1 is 1.62 bits per heavy atom. The van der Waals surface area contributed by atoms with E-state index in [0.29, 0.717) is 0 Å². The van der Waals surface area contributed by atoms with Gasteiger partial charge < -0.3 is 5.73 Å². The first-order chi connectivity index (χ1) is 6.29. The summed E-state index contributed by atoms with van der Waals surface area (Å²) in [6, 6.07) is 0.283. The Morgan fingerprint density at radius 3 is 3.23 bits per heavy atom. The number of fused-ring (bicyclic) bond motifs is 1. The quantitative estimate of drug-likeness (QED) is 0.721. The lowest BCUT2D eigenvalue weighted by atomic mass is 10.1. The molecule has 13 heavy (non-hydrogen) atoms. The maximum Gasteiger partial charge on any atom is 0.150 e. The van der Waals surface area contributed by atoms with E-state index in [9.17, 15) is 0 Å². The van der Waals surface area contributed by atoms with Gasteiger partial charge in [-0.15, -0.1) is 0 Å². The van der Waals surface area contributed by atoms with E-state index in [1.54, 1.807) is 0 Å². The normalized spacial score (nSPS) is 21.5. The summed E-state index contributed by atoms with van der Waals surface area (Å²) < 4.78 is 2.01. The van der Waals surface area contributed by atoms with E-state index in [4.69, 9.17) is 5.73 Å². The van der Waals surface area contributed by atoms with Gasteiger partial charge in [-0.2, -0.15) is 5.10 Å². The van der Waals surface area contributed by atoms with E-state index in [1.807, 2.05) is 4.68 Å². The van der Waals surface area contributed by atoms with Crippen molar-refractivity contribution in [2.75, 3.05) is 0 Å². The molecule has 0 aliphatic carbocycles. The van der Waals surface area contributed by atoms with Crippen molar-refractivity contribution in [1.29, 1.82) is 0 Å². The summed E-state index contributed by atoms with van der Waals surface area (Å²) in [5.74, 6) is 2.05. The standard InChI is InChI=1S/C9H16N4/c1-2-3-8-11-9-6-7(10)4-5-13(9)12-8/h7H,2-6,10H2,1H3. The van der Waals surface area contributed by atoms with E-state index < -0.39 is 0 Å². The minimum atomic E-state index is 0.283. The summed E-state index contributed by atoms with van der Waals surface area (Å²) in [7, 11) is 0. The zero-order valence-corrected chi connectivity index (χ0v) is 8.03. The molecule has 1 atom stereocenters. The van der Waals surface area contributed by atoms with Crippen LogP contribution in [0.4, 0.5) is 0 Å².